The molecule has 6 nitrogen and oxygen atoms in total. The lowest BCUT2D eigenvalue weighted by atomic mass is 9.88. The lowest BCUT2D eigenvalue weighted by Gasteiger charge is -2.22. The molecule has 0 aliphatic rings. The van der Waals surface area contributed by atoms with Gasteiger partial charge in [0.05, 0.1) is 13.2 Å². The summed E-state index contributed by atoms with van der Waals surface area (Å²) >= 11 is 0. The first-order chi connectivity index (χ1) is 6.79. The zero-order chi connectivity index (χ0) is 10.8. The first-order valence-corrected chi connectivity index (χ1v) is 4.54. The Labute approximate surface area is 82.6 Å². The Kier molecular flexibility index (Phi) is 9.16. The maximum absolute atomic E-state index is 9.00. The van der Waals surface area contributed by atoms with Crippen molar-refractivity contribution in [3.05, 3.63) is 0 Å². The minimum absolute atomic E-state index is 0.0972. The molecule has 0 amide bonds. The van der Waals surface area contributed by atoms with Gasteiger partial charge in [-0.2, -0.15) is 0 Å². The van der Waals surface area contributed by atoms with Gasteiger partial charge < -0.3 is 10.2 Å². The Morgan fingerprint density at radius 3 is 1.36 bits per heavy atom. The summed E-state index contributed by atoms with van der Waals surface area (Å²) in [6, 6.07) is 0. The second kappa shape index (κ2) is 9.32. The molecule has 0 saturated heterocycles. The summed E-state index contributed by atoms with van der Waals surface area (Å²) < 4.78 is 0. The lowest BCUT2D eigenvalue weighted by Crippen LogP contribution is -2.24. The summed E-state index contributed by atoms with van der Waals surface area (Å²) in [5.74, 6) is -0.329. The lowest BCUT2D eigenvalue weighted by molar-refractivity contribution is -0.249. The highest BCUT2D eigenvalue weighted by Crippen LogP contribution is 2.18. The van der Waals surface area contributed by atoms with Crippen molar-refractivity contribution >= 4 is 0 Å². The second-order valence-electron chi connectivity index (χ2n) is 3.13. The van der Waals surface area contributed by atoms with E-state index in [2.05, 4.69) is 9.78 Å². The molecule has 4 N–H and O–H groups in total. The Bertz CT molecular complexity index is 106. The average molecular weight is 210 g/mol. The van der Waals surface area contributed by atoms with Gasteiger partial charge in [-0.25, -0.2) is 9.78 Å². The third-order valence-electron chi connectivity index (χ3n) is 2.30. The molecule has 0 aromatic rings. The maximum Gasteiger partial charge on any atom is 0.0823 e. The summed E-state index contributed by atoms with van der Waals surface area (Å²) in [5, 5.41) is 34.3. The molecule has 0 rings (SSSR count). The molecule has 0 bridgehead atoms. The van der Waals surface area contributed by atoms with Crippen molar-refractivity contribution in [1.82, 2.24) is 0 Å². The highest BCUT2D eigenvalue weighted by atomic mass is 17.1. The minimum Gasteiger partial charge on any atom is -0.396 e. The van der Waals surface area contributed by atoms with Crippen molar-refractivity contribution in [2.24, 2.45) is 11.8 Å². The van der Waals surface area contributed by atoms with Crippen LogP contribution < -0.4 is 0 Å². The predicted molar refractivity (Wildman–Crippen MR) is 47.5 cm³/mol. The van der Waals surface area contributed by atoms with Crippen LogP contribution in [0.4, 0.5) is 0 Å². The summed E-state index contributed by atoms with van der Waals surface area (Å²) in [5.41, 5.74) is 0. The van der Waals surface area contributed by atoms with Crippen LogP contribution >= 0.6 is 0 Å². The van der Waals surface area contributed by atoms with Crippen LogP contribution in [0.15, 0.2) is 0 Å². The molecule has 0 fully saturated rings. The highest BCUT2D eigenvalue weighted by molar-refractivity contribution is 4.68. The summed E-state index contributed by atoms with van der Waals surface area (Å²) in [6.07, 6.45) is 0.896. The molecule has 86 valence electrons. The minimum atomic E-state index is -0.165. The van der Waals surface area contributed by atoms with Gasteiger partial charge in [-0.3, -0.25) is 10.5 Å². The first kappa shape index (κ1) is 13.8. The van der Waals surface area contributed by atoms with E-state index in [4.69, 9.17) is 20.7 Å². The van der Waals surface area contributed by atoms with Crippen LogP contribution in [0.1, 0.15) is 12.8 Å². The van der Waals surface area contributed by atoms with Gasteiger partial charge in [0, 0.05) is 13.2 Å². The Balaban J connectivity index is 3.87. The van der Waals surface area contributed by atoms with Crippen LogP contribution in [-0.4, -0.2) is 47.2 Å². The van der Waals surface area contributed by atoms with Crippen LogP contribution in [0, 0.1) is 11.8 Å². The van der Waals surface area contributed by atoms with Gasteiger partial charge in [0.2, 0.25) is 0 Å². The summed E-state index contributed by atoms with van der Waals surface area (Å²) in [4.78, 5) is 7.80. The highest BCUT2D eigenvalue weighted by Gasteiger charge is 2.19. The SMILES string of the molecule is OC[C@H](CCOO)[C@H](CO)CCOO. The van der Waals surface area contributed by atoms with E-state index in [-0.39, 0.29) is 38.3 Å². The van der Waals surface area contributed by atoms with E-state index in [1.54, 1.807) is 0 Å². The molecule has 2 atom stereocenters. The number of aliphatic hydroxyl groups excluding tert-OH is 2. The summed E-state index contributed by atoms with van der Waals surface area (Å²) in [6.45, 7) is 0.0312. The Morgan fingerprint density at radius 1 is 0.786 bits per heavy atom. The fourth-order valence-electron chi connectivity index (χ4n) is 1.36. The van der Waals surface area contributed by atoms with Crippen molar-refractivity contribution < 1.29 is 30.5 Å². The van der Waals surface area contributed by atoms with E-state index < -0.39 is 0 Å². The quantitative estimate of drug-likeness (QED) is 0.315. The number of aliphatic hydroxyl groups is 2. The van der Waals surface area contributed by atoms with Gasteiger partial charge in [-0.1, -0.05) is 0 Å². The number of rotatable bonds is 9. The largest absolute Gasteiger partial charge is 0.396 e. The summed E-state index contributed by atoms with van der Waals surface area (Å²) in [7, 11) is 0. The third-order valence-corrected chi connectivity index (χ3v) is 2.30. The molecule has 6 heteroatoms. The van der Waals surface area contributed by atoms with Crippen LogP contribution in [0.3, 0.4) is 0 Å². The molecule has 0 aromatic carbocycles. The van der Waals surface area contributed by atoms with Crippen molar-refractivity contribution in [3.63, 3.8) is 0 Å². The van der Waals surface area contributed by atoms with Gasteiger partial charge in [-0.05, 0) is 24.7 Å². The van der Waals surface area contributed by atoms with Crippen molar-refractivity contribution in [1.29, 1.82) is 0 Å². The maximum atomic E-state index is 9.00. The normalized spacial score (nSPS) is 15.4. The van der Waals surface area contributed by atoms with Gasteiger partial charge in [-0.15, -0.1) is 0 Å². The van der Waals surface area contributed by atoms with E-state index in [0.29, 0.717) is 12.8 Å². The molecular weight excluding hydrogens is 192 g/mol. The van der Waals surface area contributed by atoms with Crippen LogP contribution in [0.5, 0.6) is 0 Å². The topological polar surface area (TPSA) is 99.4 Å². The van der Waals surface area contributed by atoms with E-state index >= 15 is 0 Å². The Hall–Kier alpha value is -0.240. The van der Waals surface area contributed by atoms with E-state index in [1.165, 1.54) is 0 Å². The number of hydrogen-bond acceptors (Lipinski definition) is 6. The number of hydrogen-bond donors (Lipinski definition) is 4. The first-order valence-electron chi connectivity index (χ1n) is 4.54. The van der Waals surface area contributed by atoms with Crippen LogP contribution in [-0.2, 0) is 9.78 Å². The second-order valence-corrected chi connectivity index (χ2v) is 3.13. The zero-order valence-corrected chi connectivity index (χ0v) is 8.00. The van der Waals surface area contributed by atoms with E-state index in [1.807, 2.05) is 0 Å². The van der Waals surface area contributed by atoms with Gasteiger partial charge >= 0.3 is 0 Å². The molecular formula is C8H18O6. The third kappa shape index (κ3) is 5.48. The molecule has 0 aliphatic carbocycles. The molecule has 0 heterocycles. The molecule has 0 aromatic heterocycles. The van der Waals surface area contributed by atoms with Crippen LogP contribution in [0.2, 0.25) is 0 Å². The van der Waals surface area contributed by atoms with E-state index in [9.17, 15) is 0 Å². The monoisotopic (exact) mass is 210 g/mol. The standard InChI is InChI=1S/C8H18O6/c9-5-7(1-3-13-11)8(6-10)2-4-14-12/h7-12H,1-6H2/t7-,8-/m0/s1. The molecule has 0 radical (unpaired) electrons. The molecule has 0 aliphatic heterocycles. The fraction of sp³-hybridized carbons (Fsp3) is 1.00. The van der Waals surface area contributed by atoms with Crippen molar-refractivity contribution in [2.75, 3.05) is 26.4 Å². The smallest absolute Gasteiger partial charge is 0.0823 e. The van der Waals surface area contributed by atoms with Gasteiger partial charge in [0.25, 0.3) is 0 Å². The predicted octanol–water partition coefficient (Wildman–Crippen LogP) is -0.0372. The fourth-order valence-corrected chi connectivity index (χ4v) is 1.36. The zero-order valence-electron chi connectivity index (χ0n) is 8.00. The van der Waals surface area contributed by atoms with Crippen molar-refractivity contribution in [2.45, 2.75) is 12.8 Å². The van der Waals surface area contributed by atoms with Gasteiger partial charge in [0.15, 0.2) is 0 Å². The van der Waals surface area contributed by atoms with Crippen LogP contribution in [0.25, 0.3) is 0 Å². The molecule has 0 saturated carbocycles. The van der Waals surface area contributed by atoms with Crippen molar-refractivity contribution in [3.8, 4) is 0 Å². The molecule has 0 unspecified atom stereocenters. The molecule has 0 spiro atoms. The van der Waals surface area contributed by atoms with E-state index in [0.717, 1.165) is 0 Å². The molecule has 14 heavy (non-hydrogen) atoms. The average Bonchev–Trinajstić information content (AvgIpc) is 2.23. The Morgan fingerprint density at radius 2 is 1.14 bits per heavy atom. The van der Waals surface area contributed by atoms with Gasteiger partial charge in [0.1, 0.15) is 0 Å².